The van der Waals surface area contributed by atoms with Gasteiger partial charge in [0.1, 0.15) is 5.75 Å². The first-order valence-electron chi connectivity index (χ1n) is 8.52. The molecule has 0 spiro atoms. The number of carbonyl (C=O) groups excluding carboxylic acids is 2. The monoisotopic (exact) mass is 392 g/mol. The molecule has 1 fully saturated rings. The zero-order chi connectivity index (χ0) is 18.5. The van der Waals surface area contributed by atoms with Gasteiger partial charge in [-0.15, -0.1) is 0 Å². The SMILES string of the molecule is Cc1cc(OCC(=O)N2CCC(NC(=O)c3ccsc3)CC2)ccc1Cl. The predicted octanol–water partition coefficient (Wildman–Crippen LogP) is 3.51. The number of rotatable bonds is 5. The molecule has 2 heterocycles. The summed E-state index contributed by atoms with van der Waals surface area (Å²) in [6.45, 7) is 3.14. The molecule has 1 aliphatic heterocycles. The Labute approximate surface area is 161 Å². The summed E-state index contributed by atoms with van der Waals surface area (Å²) in [5, 5.41) is 7.44. The second kappa shape index (κ2) is 8.56. The van der Waals surface area contributed by atoms with Gasteiger partial charge in [-0.3, -0.25) is 9.59 Å². The summed E-state index contributed by atoms with van der Waals surface area (Å²) in [7, 11) is 0. The molecule has 5 nitrogen and oxygen atoms in total. The Morgan fingerprint density at radius 1 is 1.31 bits per heavy atom. The highest BCUT2D eigenvalue weighted by atomic mass is 35.5. The summed E-state index contributed by atoms with van der Waals surface area (Å²) >= 11 is 7.49. The topological polar surface area (TPSA) is 58.6 Å². The van der Waals surface area contributed by atoms with Gasteiger partial charge in [-0.05, 0) is 55.0 Å². The van der Waals surface area contributed by atoms with Crippen molar-refractivity contribution in [3.63, 3.8) is 0 Å². The Morgan fingerprint density at radius 2 is 2.08 bits per heavy atom. The van der Waals surface area contributed by atoms with E-state index in [-0.39, 0.29) is 24.5 Å². The van der Waals surface area contributed by atoms with Crippen LogP contribution in [0.5, 0.6) is 5.75 Å². The van der Waals surface area contributed by atoms with E-state index in [0.29, 0.717) is 29.4 Å². The summed E-state index contributed by atoms with van der Waals surface area (Å²) in [5.41, 5.74) is 1.61. The van der Waals surface area contributed by atoms with Crippen molar-refractivity contribution < 1.29 is 14.3 Å². The molecular weight excluding hydrogens is 372 g/mol. The van der Waals surface area contributed by atoms with Crippen LogP contribution < -0.4 is 10.1 Å². The fraction of sp³-hybridized carbons (Fsp3) is 0.368. The van der Waals surface area contributed by atoms with Crippen LogP contribution in [-0.2, 0) is 4.79 Å². The van der Waals surface area contributed by atoms with Crippen LogP contribution in [0, 0.1) is 6.92 Å². The molecule has 0 radical (unpaired) electrons. The maximum Gasteiger partial charge on any atom is 0.260 e. The van der Waals surface area contributed by atoms with E-state index in [2.05, 4.69) is 5.32 Å². The Hall–Kier alpha value is -2.05. The Kier molecular flexibility index (Phi) is 6.16. The fourth-order valence-electron chi connectivity index (χ4n) is 2.88. The van der Waals surface area contributed by atoms with Crippen molar-refractivity contribution in [1.29, 1.82) is 0 Å². The van der Waals surface area contributed by atoms with E-state index in [1.807, 2.05) is 29.8 Å². The molecular formula is C19H21ClN2O3S. The number of hydrogen-bond acceptors (Lipinski definition) is 4. The van der Waals surface area contributed by atoms with E-state index in [1.54, 1.807) is 17.0 Å². The predicted molar refractivity (Wildman–Crippen MR) is 103 cm³/mol. The van der Waals surface area contributed by atoms with Gasteiger partial charge in [0, 0.05) is 35.1 Å². The lowest BCUT2D eigenvalue weighted by molar-refractivity contribution is -0.134. The van der Waals surface area contributed by atoms with Crippen LogP contribution in [-0.4, -0.2) is 42.5 Å². The second-order valence-electron chi connectivity index (χ2n) is 6.34. The highest BCUT2D eigenvalue weighted by Gasteiger charge is 2.24. The number of halogens is 1. The van der Waals surface area contributed by atoms with Gasteiger partial charge >= 0.3 is 0 Å². The lowest BCUT2D eigenvalue weighted by Gasteiger charge is -2.32. The van der Waals surface area contributed by atoms with E-state index in [9.17, 15) is 9.59 Å². The van der Waals surface area contributed by atoms with Crippen LogP contribution in [0.4, 0.5) is 0 Å². The van der Waals surface area contributed by atoms with Crippen LogP contribution in [0.3, 0.4) is 0 Å². The Bertz CT molecular complexity index is 771. The van der Waals surface area contributed by atoms with E-state index in [0.717, 1.165) is 18.4 Å². The van der Waals surface area contributed by atoms with Crippen molar-refractivity contribution in [2.45, 2.75) is 25.8 Å². The molecule has 3 rings (SSSR count). The minimum Gasteiger partial charge on any atom is -0.484 e. The molecule has 138 valence electrons. The molecule has 1 aromatic heterocycles. The average molecular weight is 393 g/mol. The van der Waals surface area contributed by atoms with Gasteiger partial charge in [-0.2, -0.15) is 11.3 Å². The molecule has 1 aliphatic rings. The largest absolute Gasteiger partial charge is 0.484 e. The summed E-state index contributed by atoms with van der Waals surface area (Å²) < 4.78 is 5.58. The van der Waals surface area contributed by atoms with E-state index in [4.69, 9.17) is 16.3 Å². The van der Waals surface area contributed by atoms with Gasteiger partial charge in [-0.1, -0.05) is 11.6 Å². The Balaban J connectivity index is 1.43. The van der Waals surface area contributed by atoms with Crippen LogP contribution in [0.2, 0.25) is 5.02 Å². The smallest absolute Gasteiger partial charge is 0.260 e. The molecule has 0 unspecified atom stereocenters. The van der Waals surface area contributed by atoms with Crippen molar-refractivity contribution >= 4 is 34.8 Å². The standard InChI is InChI=1S/C19H21ClN2O3S/c1-13-10-16(2-3-17(13)20)25-11-18(23)22-7-4-15(5-8-22)21-19(24)14-6-9-26-12-14/h2-3,6,9-10,12,15H,4-5,7-8,11H2,1H3,(H,21,24). The van der Waals surface area contributed by atoms with Gasteiger partial charge < -0.3 is 15.0 Å². The quantitative estimate of drug-likeness (QED) is 0.847. The average Bonchev–Trinajstić information content (AvgIpc) is 3.18. The minimum atomic E-state index is -0.0440. The number of carbonyl (C=O) groups is 2. The molecule has 0 bridgehead atoms. The third-order valence-electron chi connectivity index (χ3n) is 4.46. The van der Waals surface area contributed by atoms with E-state index >= 15 is 0 Å². The zero-order valence-electron chi connectivity index (χ0n) is 14.5. The number of likely N-dealkylation sites (tertiary alicyclic amines) is 1. The van der Waals surface area contributed by atoms with E-state index < -0.39 is 0 Å². The number of nitrogens with zero attached hydrogens (tertiary/aromatic N) is 1. The molecule has 7 heteroatoms. The molecule has 1 N–H and O–H groups in total. The molecule has 26 heavy (non-hydrogen) atoms. The van der Waals surface area contributed by atoms with Gasteiger partial charge in [-0.25, -0.2) is 0 Å². The van der Waals surface area contributed by atoms with Gasteiger partial charge in [0.15, 0.2) is 6.61 Å². The summed E-state index contributed by atoms with van der Waals surface area (Å²) in [6.07, 6.45) is 1.50. The van der Waals surface area contributed by atoms with Crippen LogP contribution in [0.15, 0.2) is 35.0 Å². The number of piperidine rings is 1. The highest BCUT2D eigenvalue weighted by molar-refractivity contribution is 7.08. The number of benzene rings is 1. The number of aryl methyl sites for hydroxylation is 1. The van der Waals surface area contributed by atoms with Crippen LogP contribution >= 0.6 is 22.9 Å². The number of ether oxygens (including phenoxy) is 1. The lowest BCUT2D eigenvalue weighted by Crippen LogP contribution is -2.47. The lowest BCUT2D eigenvalue weighted by atomic mass is 10.0. The fourth-order valence-corrected chi connectivity index (χ4v) is 3.63. The first kappa shape index (κ1) is 18.7. The number of thiophene rings is 1. The van der Waals surface area contributed by atoms with Gasteiger partial charge in [0.05, 0.1) is 0 Å². The van der Waals surface area contributed by atoms with Gasteiger partial charge in [0.2, 0.25) is 0 Å². The maximum absolute atomic E-state index is 12.3. The first-order chi connectivity index (χ1) is 12.5. The minimum absolute atomic E-state index is 0.00695. The van der Waals surface area contributed by atoms with E-state index in [1.165, 1.54) is 11.3 Å². The van der Waals surface area contributed by atoms with Gasteiger partial charge in [0.25, 0.3) is 11.8 Å². The normalized spacial score (nSPS) is 14.9. The van der Waals surface area contributed by atoms with Crippen molar-refractivity contribution in [3.8, 4) is 5.75 Å². The molecule has 2 amide bonds. The molecule has 0 saturated carbocycles. The maximum atomic E-state index is 12.3. The summed E-state index contributed by atoms with van der Waals surface area (Å²) in [5.74, 6) is 0.552. The molecule has 1 aromatic carbocycles. The molecule has 1 saturated heterocycles. The third kappa shape index (κ3) is 4.77. The third-order valence-corrected chi connectivity index (χ3v) is 5.57. The first-order valence-corrected chi connectivity index (χ1v) is 9.85. The number of amides is 2. The number of hydrogen-bond donors (Lipinski definition) is 1. The molecule has 0 aliphatic carbocycles. The van der Waals surface area contributed by atoms with Crippen molar-refractivity contribution in [1.82, 2.24) is 10.2 Å². The van der Waals surface area contributed by atoms with Crippen molar-refractivity contribution in [2.75, 3.05) is 19.7 Å². The number of nitrogens with one attached hydrogen (secondary N) is 1. The summed E-state index contributed by atoms with van der Waals surface area (Å²) in [6, 6.07) is 7.26. The van der Waals surface area contributed by atoms with Crippen molar-refractivity contribution in [2.24, 2.45) is 0 Å². The van der Waals surface area contributed by atoms with Crippen LogP contribution in [0.25, 0.3) is 0 Å². The zero-order valence-corrected chi connectivity index (χ0v) is 16.1. The van der Waals surface area contributed by atoms with Crippen LogP contribution in [0.1, 0.15) is 28.8 Å². The second-order valence-corrected chi connectivity index (χ2v) is 7.53. The van der Waals surface area contributed by atoms with Crippen molar-refractivity contribution in [3.05, 3.63) is 51.2 Å². The molecule has 2 aromatic rings. The summed E-state index contributed by atoms with van der Waals surface area (Å²) in [4.78, 5) is 26.2. The Morgan fingerprint density at radius 3 is 2.73 bits per heavy atom. The highest BCUT2D eigenvalue weighted by Crippen LogP contribution is 2.21. The molecule has 0 atom stereocenters.